The summed E-state index contributed by atoms with van der Waals surface area (Å²) in [5.74, 6) is 0.256. The molecule has 0 amide bonds. The molecule has 1 aromatic rings. The predicted octanol–water partition coefficient (Wildman–Crippen LogP) is 1.87. The maximum absolute atomic E-state index is 11.5. The molecule has 1 heterocycles. The Kier molecular flexibility index (Phi) is 3.60. The van der Waals surface area contributed by atoms with Crippen molar-refractivity contribution in [1.82, 2.24) is 4.90 Å². The SMILES string of the molecule is CC(=O)c1ccccc1C(O)C1CCN(C)C1. The lowest BCUT2D eigenvalue weighted by atomic mass is 9.90. The van der Waals surface area contributed by atoms with E-state index in [0.717, 1.165) is 25.1 Å². The van der Waals surface area contributed by atoms with Crippen molar-refractivity contribution in [3.8, 4) is 0 Å². The Balaban J connectivity index is 2.24. The molecule has 3 heteroatoms. The van der Waals surface area contributed by atoms with Crippen LogP contribution in [0.3, 0.4) is 0 Å². The van der Waals surface area contributed by atoms with Gasteiger partial charge in [-0.1, -0.05) is 24.3 Å². The van der Waals surface area contributed by atoms with E-state index in [1.54, 1.807) is 13.0 Å². The Bertz CT molecular complexity index is 416. The number of nitrogens with zero attached hydrogens (tertiary/aromatic N) is 1. The minimum atomic E-state index is -0.528. The van der Waals surface area contributed by atoms with Crippen LogP contribution in [-0.2, 0) is 0 Å². The average molecular weight is 233 g/mol. The van der Waals surface area contributed by atoms with Gasteiger partial charge < -0.3 is 10.0 Å². The number of aliphatic hydroxyl groups is 1. The summed E-state index contributed by atoms with van der Waals surface area (Å²) in [5, 5.41) is 10.4. The molecule has 0 spiro atoms. The molecule has 0 bridgehead atoms. The molecule has 1 N–H and O–H groups in total. The van der Waals surface area contributed by atoms with Gasteiger partial charge in [-0.25, -0.2) is 0 Å². The number of hydrogen-bond donors (Lipinski definition) is 1. The van der Waals surface area contributed by atoms with E-state index in [-0.39, 0.29) is 11.7 Å². The van der Waals surface area contributed by atoms with Crippen LogP contribution >= 0.6 is 0 Å². The standard InChI is InChI=1S/C14H19NO2/c1-10(16)12-5-3-4-6-13(12)14(17)11-7-8-15(2)9-11/h3-6,11,14,17H,7-9H2,1-2H3. The van der Waals surface area contributed by atoms with E-state index >= 15 is 0 Å². The third-order valence-electron chi connectivity index (χ3n) is 3.53. The highest BCUT2D eigenvalue weighted by Gasteiger charge is 2.29. The lowest BCUT2D eigenvalue weighted by Crippen LogP contribution is -2.19. The van der Waals surface area contributed by atoms with Gasteiger partial charge in [-0.3, -0.25) is 4.79 Å². The van der Waals surface area contributed by atoms with Gasteiger partial charge in [0.1, 0.15) is 0 Å². The van der Waals surface area contributed by atoms with Crippen molar-refractivity contribution >= 4 is 5.78 Å². The van der Waals surface area contributed by atoms with Crippen molar-refractivity contribution in [3.63, 3.8) is 0 Å². The Morgan fingerprint density at radius 2 is 2.18 bits per heavy atom. The molecular weight excluding hydrogens is 214 g/mol. The highest BCUT2D eigenvalue weighted by Crippen LogP contribution is 2.31. The molecule has 1 aliphatic heterocycles. The van der Waals surface area contributed by atoms with E-state index in [1.165, 1.54) is 0 Å². The van der Waals surface area contributed by atoms with Gasteiger partial charge in [0, 0.05) is 18.0 Å². The van der Waals surface area contributed by atoms with Crippen LogP contribution < -0.4 is 0 Å². The quantitative estimate of drug-likeness (QED) is 0.810. The average Bonchev–Trinajstić information content (AvgIpc) is 2.75. The second kappa shape index (κ2) is 4.98. The molecule has 3 nitrogen and oxygen atoms in total. The lowest BCUT2D eigenvalue weighted by Gasteiger charge is -2.20. The van der Waals surface area contributed by atoms with Gasteiger partial charge in [0.05, 0.1) is 6.10 Å². The zero-order valence-electron chi connectivity index (χ0n) is 10.4. The third-order valence-corrected chi connectivity index (χ3v) is 3.53. The molecule has 1 fully saturated rings. The van der Waals surface area contributed by atoms with Gasteiger partial charge in [0.25, 0.3) is 0 Å². The summed E-state index contributed by atoms with van der Waals surface area (Å²) in [5.41, 5.74) is 1.43. The molecule has 0 aliphatic carbocycles. The largest absolute Gasteiger partial charge is 0.388 e. The predicted molar refractivity (Wildman–Crippen MR) is 67.0 cm³/mol. The molecule has 2 atom stereocenters. The molecule has 2 unspecified atom stereocenters. The highest BCUT2D eigenvalue weighted by molar-refractivity contribution is 5.95. The molecule has 2 rings (SSSR count). The maximum Gasteiger partial charge on any atom is 0.160 e. The fourth-order valence-corrected chi connectivity index (χ4v) is 2.56. The van der Waals surface area contributed by atoms with E-state index < -0.39 is 6.10 Å². The molecule has 92 valence electrons. The summed E-state index contributed by atoms with van der Waals surface area (Å²) >= 11 is 0. The van der Waals surface area contributed by atoms with Gasteiger partial charge >= 0.3 is 0 Å². The summed E-state index contributed by atoms with van der Waals surface area (Å²) in [6, 6.07) is 7.37. The van der Waals surface area contributed by atoms with E-state index in [0.29, 0.717) is 5.56 Å². The summed E-state index contributed by atoms with van der Waals surface area (Å²) in [6.07, 6.45) is 0.462. The molecule has 1 aliphatic rings. The Morgan fingerprint density at radius 3 is 2.76 bits per heavy atom. The molecule has 1 aromatic carbocycles. The number of aliphatic hydroxyl groups excluding tert-OH is 1. The van der Waals surface area contributed by atoms with Crippen LogP contribution in [0.2, 0.25) is 0 Å². The van der Waals surface area contributed by atoms with E-state index in [4.69, 9.17) is 0 Å². The number of hydrogen-bond acceptors (Lipinski definition) is 3. The van der Waals surface area contributed by atoms with Crippen LogP contribution in [0, 0.1) is 5.92 Å². The van der Waals surface area contributed by atoms with E-state index in [1.807, 2.05) is 18.2 Å². The van der Waals surface area contributed by atoms with E-state index in [2.05, 4.69) is 11.9 Å². The van der Waals surface area contributed by atoms with Crippen molar-refractivity contribution in [1.29, 1.82) is 0 Å². The number of ketones is 1. The lowest BCUT2D eigenvalue weighted by molar-refractivity contribution is 0.0975. The molecule has 1 saturated heterocycles. The first-order valence-corrected chi connectivity index (χ1v) is 6.06. The number of carbonyl (C=O) groups is 1. The molecule has 0 aromatic heterocycles. The van der Waals surface area contributed by atoms with Gasteiger partial charge in [-0.05, 0) is 32.5 Å². The van der Waals surface area contributed by atoms with Crippen LogP contribution in [0.25, 0.3) is 0 Å². The summed E-state index contributed by atoms with van der Waals surface area (Å²) in [7, 11) is 2.06. The zero-order valence-corrected chi connectivity index (χ0v) is 10.4. The van der Waals surface area contributed by atoms with Crippen LogP contribution in [0.15, 0.2) is 24.3 Å². The topological polar surface area (TPSA) is 40.5 Å². The van der Waals surface area contributed by atoms with Crippen LogP contribution in [-0.4, -0.2) is 35.9 Å². The molecule has 0 radical (unpaired) electrons. The number of carbonyl (C=O) groups excluding carboxylic acids is 1. The smallest absolute Gasteiger partial charge is 0.160 e. The Hall–Kier alpha value is -1.19. The van der Waals surface area contributed by atoms with Crippen molar-refractivity contribution in [2.24, 2.45) is 5.92 Å². The van der Waals surface area contributed by atoms with Crippen molar-refractivity contribution in [2.75, 3.05) is 20.1 Å². The number of benzene rings is 1. The summed E-state index contributed by atoms with van der Waals surface area (Å²) < 4.78 is 0. The second-order valence-electron chi connectivity index (χ2n) is 4.90. The molecule has 0 saturated carbocycles. The molecule has 17 heavy (non-hydrogen) atoms. The maximum atomic E-state index is 11.5. The van der Waals surface area contributed by atoms with Gasteiger partial charge in [0.2, 0.25) is 0 Å². The van der Waals surface area contributed by atoms with Gasteiger partial charge in [-0.15, -0.1) is 0 Å². The fraction of sp³-hybridized carbons (Fsp3) is 0.500. The first-order chi connectivity index (χ1) is 8.09. The normalized spacial score (nSPS) is 22.6. The first-order valence-electron chi connectivity index (χ1n) is 6.06. The minimum Gasteiger partial charge on any atom is -0.388 e. The summed E-state index contributed by atoms with van der Waals surface area (Å²) in [6.45, 7) is 3.46. The monoisotopic (exact) mass is 233 g/mol. The van der Waals surface area contributed by atoms with Crippen LogP contribution in [0.4, 0.5) is 0 Å². The van der Waals surface area contributed by atoms with Crippen molar-refractivity contribution < 1.29 is 9.90 Å². The number of likely N-dealkylation sites (tertiary alicyclic amines) is 1. The highest BCUT2D eigenvalue weighted by atomic mass is 16.3. The minimum absolute atomic E-state index is 0.0194. The third kappa shape index (κ3) is 2.56. The first kappa shape index (κ1) is 12.3. The van der Waals surface area contributed by atoms with Gasteiger partial charge in [-0.2, -0.15) is 0 Å². The van der Waals surface area contributed by atoms with E-state index in [9.17, 15) is 9.90 Å². The second-order valence-corrected chi connectivity index (χ2v) is 4.90. The van der Waals surface area contributed by atoms with Crippen LogP contribution in [0.1, 0.15) is 35.4 Å². The molecular formula is C14H19NO2. The van der Waals surface area contributed by atoms with Gasteiger partial charge in [0.15, 0.2) is 5.78 Å². The Morgan fingerprint density at radius 1 is 1.47 bits per heavy atom. The Labute approximate surface area is 102 Å². The zero-order chi connectivity index (χ0) is 12.4. The number of rotatable bonds is 3. The van der Waals surface area contributed by atoms with Crippen LogP contribution in [0.5, 0.6) is 0 Å². The van der Waals surface area contributed by atoms with Crippen molar-refractivity contribution in [2.45, 2.75) is 19.4 Å². The van der Waals surface area contributed by atoms with Crippen molar-refractivity contribution in [3.05, 3.63) is 35.4 Å². The summed E-state index contributed by atoms with van der Waals surface area (Å²) in [4.78, 5) is 13.7. The number of Topliss-reactive ketones (excluding diaryl/α,β-unsaturated/α-hetero) is 1. The fourth-order valence-electron chi connectivity index (χ4n) is 2.56.